The average molecular weight is 402 g/mol. The lowest BCUT2D eigenvalue weighted by atomic mass is 10.2. The van der Waals surface area contributed by atoms with Crippen molar-refractivity contribution >= 4 is 29.4 Å². The first-order valence-electron chi connectivity index (χ1n) is 9.80. The molecule has 1 aromatic rings. The third-order valence-electron chi connectivity index (χ3n) is 5.23. The Labute approximate surface area is 169 Å². The van der Waals surface area contributed by atoms with Gasteiger partial charge in [0, 0.05) is 38.4 Å². The van der Waals surface area contributed by atoms with Crippen molar-refractivity contribution in [3.8, 4) is 5.75 Å². The molecule has 2 fully saturated rings. The van der Waals surface area contributed by atoms with E-state index in [0.29, 0.717) is 32.6 Å². The largest absolute Gasteiger partial charge is 0.497 e. The van der Waals surface area contributed by atoms with Gasteiger partial charge in [0.15, 0.2) is 0 Å². The number of hydrogen-bond donors (Lipinski definition) is 0. The third kappa shape index (κ3) is 4.33. The molecule has 2 aliphatic heterocycles. The molecule has 2 saturated heterocycles. The van der Waals surface area contributed by atoms with Gasteiger partial charge in [0.05, 0.1) is 7.11 Å². The summed E-state index contributed by atoms with van der Waals surface area (Å²) in [5.74, 6) is -1.31. The van der Waals surface area contributed by atoms with Gasteiger partial charge in [-0.05, 0) is 30.7 Å². The molecule has 0 aliphatic carbocycles. The number of benzene rings is 1. The standard InChI is InChI=1S/C20H26N4O5/c1-3-4-9-23-18(26)19(27)24(20(23)28)14-17(25)22-12-10-21(11-13-22)15-5-7-16(29-2)8-6-15/h5-8H,3-4,9-14H2,1-2H3. The predicted octanol–water partition coefficient (Wildman–Crippen LogP) is 0.935. The summed E-state index contributed by atoms with van der Waals surface area (Å²) in [5, 5.41) is 0. The maximum atomic E-state index is 12.6. The molecule has 0 radical (unpaired) electrons. The van der Waals surface area contributed by atoms with Crippen LogP contribution in [0.4, 0.5) is 10.5 Å². The van der Waals surface area contributed by atoms with Crippen molar-refractivity contribution in [1.29, 1.82) is 0 Å². The third-order valence-corrected chi connectivity index (χ3v) is 5.23. The SMILES string of the molecule is CCCCN1C(=O)C(=O)N(CC(=O)N2CCN(c3ccc(OC)cc3)CC2)C1=O. The quantitative estimate of drug-likeness (QED) is 0.498. The summed E-state index contributed by atoms with van der Waals surface area (Å²) >= 11 is 0. The minimum atomic E-state index is -0.920. The highest BCUT2D eigenvalue weighted by Crippen LogP contribution is 2.21. The van der Waals surface area contributed by atoms with Crippen LogP contribution in [0.25, 0.3) is 0 Å². The molecule has 0 unspecified atom stereocenters. The minimum absolute atomic E-state index is 0.200. The van der Waals surface area contributed by atoms with E-state index < -0.39 is 24.4 Å². The summed E-state index contributed by atoms with van der Waals surface area (Å²) in [6.45, 7) is 3.98. The molecular formula is C20H26N4O5. The van der Waals surface area contributed by atoms with Crippen LogP contribution in [0.1, 0.15) is 19.8 Å². The Balaban J connectivity index is 1.54. The van der Waals surface area contributed by atoms with Gasteiger partial charge in [-0.2, -0.15) is 0 Å². The van der Waals surface area contributed by atoms with Crippen LogP contribution in [0.15, 0.2) is 24.3 Å². The smallest absolute Gasteiger partial charge is 0.334 e. The summed E-state index contributed by atoms with van der Waals surface area (Å²) < 4.78 is 5.16. The Morgan fingerprint density at radius 3 is 2.17 bits per heavy atom. The van der Waals surface area contributed by atoms with Crippen molar-refractivity contribution in [3.63, 3.8) is 0 Å². The van der Waals surface area contributed by atoms with Gasteiger partial charge in [-0.25, -0.2) is 9.69 Å². The molecule has 156 valence electrons. The number of carbonyl (C=O) groups is 4. The number of ether oxygens (including phenoxy) is 1. The van der Waals surface area contributed by atoms with Gasteiger partial charge in [-0.15, -0.1) is 0 Å². The van der Waals surface area contributed by atoms with E-state index in [1.807, 2.05) is 31.2 Å². The first kappa shape index (κ1) is 20.6. The van der Waals surface area contributed by atoms with Gasteiger partial charge in [0.25, 0.3) is 0 Å². The lowest BCUT2D eigenvalue weighted by Crippen LogP contribution is -2.52. The van der Waals surface area contributed by atoms with Crippen LogP contribution in [0.3, 0.4) is 0 Å². The van der Waals surface area contributed by atoms with Crippen LogP contribution in [-0.2, 0) is 14.4 Å². The molecule has 0 N–H and O–H groups in total. The van der Waals surface area contributed by atoms with Crippen LogP contribution in [0, 0.1) is 0 Å². The van der Waals surface area contributed by atoms with E-state index >= 15 is 0 Å². The molecule has 0 aromatic heterocycles. The Morgan fingerprint density at radius 2 is 1.59 bits per heavy atom. The Bertz CT molecular complexity index is 787. The van der Waals surface area contributed by atoms with E-state index in [2.05, 4.69) is 4.90 Å². The summed E-state index contributed by atoms with van der Waals surface area (Å²) in [4.78, 5) is 54.6. The molecule has 0 bridgehead atoms. The summed E-state index contributed by atoms with van der Waals surface area (Å²) in [7, 11) is 1.62. The fraction of sp³-hybridized carbons (Fsp3) is 0.500. The van der Waals surface area contributed by atoms with Crippen molar-refractivity contribution in [2.45, 2.75) is 19.8 Å². The number of anilines is 1. The first-order valence-corrected chi connectivity index (χ1v) is 9.80. The van der Waals surface area contributed by atoms with E-state index in [1.165, 1.54) is 0 Å². The van der Waals surface area contributed by atoms with Gasteiger partial charge < -0.3 is 14.5 Å². The number of rotatable bonds is 7. The van der Waals surface area contributed by atoms with E-state index in [-0.39, 0.29) is 12.5 Å². The zero-order valence-electron chi connectivity index (χ0n) is 16.8. The van der Waals surface area contributed by atoms with Gasteiger partial charge in [0.1, 0.15) is 12.3 Å². The maximum absolute atomic E-state index is 12.6. The normalized spacial score (nSPS) is 17.4. The van der Waals surface area contributed by atoms with Crippen molar-refractivity contribution in [3.05, 3.63) is 24.3 Å². The molecule has 29 heavy (non-hydrogen) atoms. The summed E-state index contributed by atoms with van der Waals surface area (Å²) in [6, 6.07) is 7.01. The van der Waals surface area contributed by atoms with Crippen LogP contribution < -0.4 is 9.64 Å². The van der Waals surface area contributed by atoms with E-state index in [0.717, 1.165) is 27.7 Å². The van der Waals surface area contributed by atoms with Gasteiger partial charge in [-0.1, -0.05) is 13.3 Å². The second kappa shape index (κ2) is 8.93. The zero-order chi connectivity index (χ0) is 21.0. The summed E-state index contributed by atoms with van der Waals surface area (Å²) in [5.41, 5.74) is 1.04. The molecule has 2 aliphatic rings. The summed E-state index contributed by atoms with van der Waals surface area (Å²) in [6.07, 6.45) is 1.42. The number of methoxy groups -OCH3 is 1. The van der Waals surface area contributed by atoms with Crippen LogP contribution >= 0.6 is 0 Å². The van der Waals surface area contributed by atoms with Crippen molar-refractivity contribution < 1.29 is 23.9 Å². The number of unbranched alkanes of at least 4 members (excludes halogenated alkanes) is 1. The predicted molar refractivity (Wildman–Crippen MR) is 106 cm³/mol. The van der Waals surface area contributed by atoms with E-state index in [4.69, 9.17) is 4.74 Å². The second-order valence-corrected chi connectivity index (χ2v) is 7.05. The highest BCUT2D eigenvalue weighted by molar-refractivity contribution is 6.45. The number of piperazine rings is 1. The number of urea groups is 1. The maximum Gasteiger partial charge on any atom is 0.334 e. The van der Waals surface area contributed by atoms with Crippen molar-refractivity contribution in [2.75, 3.05) is 51.3 Å². The molecule has 3 rings (SSSR count). The monoisotopic (exact) mass is 402 g/mol. The highest BCUT2D eigenvalue weighted by atomic mass is 16.5. The Morgan fingerprint density at radius 1 is 0.966 bits per heavy atom. The fourth-order valence-electron chi connectivity index (χ4n) is 3.45. The molecular weight excluding hydrogens is 376 g/mol. The molecule has 2 heterocycles. The molecule has 0 saturated carbocycles. The van der Waals surface area contributed by atoms with E-state index in [1.54, 1.807) is 12.0 Å². The van der Waals surface area contributed by atoms with Crippen LogP contribution in [-0.4, -0.2) is 84.8 Å². The fourth-order valence-corrected chi connectivity index (χ4v) is 3.45. The number of amides is 5. The first-order chi connectivity index (χ1) is 14.0. The minimum Gasteiger partial charge on any atom is -0.497 e. The molecule has 0 spiro atoms. The number of carbonyl (C=O) groups excluding carboxylic acids is 4. The molecule has 9 heteroatoms. The molecule has 0 atom stereocenters. The molecule has 5 amide bonds. The lowest BCUT2D eigenvalue weighted by molar-refractivity contribution is -0.145. The average Bonchev–Trinajstić information content (AvgIpc) is 2.95. The zero-order valence-corrected chi connectivity index (χ0v) is 16.8. The van der Waals surface area contributed by atoms with Gasteiger partial charge >= 0.3 is 17.8 Å². The topological polar surface area (TPSA) is 90.5 Å². The lowest BCUT2D eigenvalue weighted by Gasteiger charge is -2.36. The van der Waals surface area contributed by atoms with Crippen molar-refractivity contribution in [1.82, 2.24) is 14.7 Å². The molecule has 9 nitrogen and oxygen atoms in total. The Hall–Kier alpha value is -3.10. The Kier molecular flexibility index (Phi) is 6.36. The number of hydrogen-bond acceptors (Lipinski definition) is 6. The number of nitrogens with zero attached hydrogens (tertiary/aromatic N) is 4. The van der Waals surface area contributed by atoms with Gasteiger partial charge in [-0.3, -0.25) is 19.3 Å². The van der Waals surface area contributed by atoms with Gasteiger partial charge in [0.2, 0.25) is 5.91 Å². The molecule has 1 aromatic carbocycles. The van der Waals surface area contributed by atoms with Crippen LogP contribution in [0.5, 0.6) is 5.75 Å². The van der Waals surface area contributed by atoms with E-state index in [9.17, 15) is 19.2 Å². The van der Waals surface area contributed by atoms with Crippen molar-refractivity contribution in [2.24, 2.45) is 0 Å². The van der Waals surface area contributed by atoms with Crippen LogP contribution in [0.2, 0.25) is 0 Å². The highest BCUT2D eigenvalue weighted by Gasteiger charge is 2.45. The number of imide groups is 2. The second-order valence-electron chi connectivity index (χ2n) is 7.05.